The molecule has 6 heteroatoms. The van der Waals surface area contributed by atoms with E-state index in [0.717, 1.165) is 29.2 Å². The van der Waals surface area contributed by atoms with Crippen LogP contribution in [0.15, 0.2) is 54.6 Å². The van der Waals surface area contributed by atoms with E-state index in [-0.39, 0.29) is 16.9 Å². The molecule has 0 saturated heterocycles. The van der Waals surface area contributed by atoms with Crippen LogP contribution in [0.25, 0.3) is 0 Å². The van der Waals surface area contributed by atoms with Crippen molar-refractivity contribution in [3.63, 3.8) is 0 Å². The lowest BCUT2D eigenvalue weighted by molar-refractivity contribution is -0.137. The fourth-order valence-electron chi connectivity index (χ4n) is 4.89. The second kappa shape index (κ2) is 12.6. The molecule has 2 nitrogen and oxygen atoms in total. The van der Waals surface area contributed by atoms with Crippen LogP contribution in [0.2, 0.25) is 5.02 Å². The number of halogens is 4. The molecular formula is C33H39ClF3NO. The fourth-order valence-corrected chi connectivity index (χ4v) is 5.14. The van der Waals surface area contributed by atoms with Crippen molar-refractivity contribution in [1.82, 2.24) is 4.90 Å². The van der Waals surface area contributed by atoms with E-state index < -0.39 is 11.7 Å². The van der Waals surface area contributed by atoms with Gasteiger partial charge in [0.05, 0.1) is 5.56 Å². The van der Waals surface area contributed by atoms with Crippen LogP contribution in [0.5, 0.6) is 0 Å². The van der Waals surface area contributed by atoms with Gasteiger partial charge in [0.15, 0.2) is 0 Å². The van der Waals surface area contributed by atoms with Crippen molar-refractivity contribution in [2.45, 2.75) is 85.4 Å². The van der Waals surface area contributed by atoms with Crippen molar-refractivity contribution in [1.29, 1.82) is 0 Å². The number of amides is 1. The van der Waals surface area contributed by atoms with E-state index in [2.05, 4.69) is 32.9 Å². The summed E-state index contributed by atoms with van der Waals surface area (Å²) in [7, 11) is 0. The Morgan fingerprint density at radius 3 is 1.95 bits per heavy atom. The predicted octanol–water partition coefficient (Wildman–Crippen LogP) is 9.23. The maximum absolute atomic E-state index is 14.0. The van der Waals surface area contributed by atoms with Crippen LogP contribution in [-0.4, -0.2) is 17.4 Å². The first-order chi connectivity index (χ1) is 18.3. The smallest absolute Gasteiger partial charge is 0.334 e. The standard InChI is InChI=1S/C33H39ClF3NO/c1-7-24-19-27(33(35,36)37)20-29(28(24)9-3)31(39)38(17-16-22-12-15-30(34)25(8-2)18-22)21-23-10-13-26(14-11-23)32(4,5)6/h10-15,18-20H,7-9,16-17,21H2,1-6H3. The zero-order chi connectivity index (χ0) is 29.0. The van der Waals surface area contributed by atoms with Gasteiger partial charge in [0, 0.05) is 23.7 Å². The first-order valence-electron chi connectivity index (χ1n) is 13.7. The van der Waals surface area contributed by atoms with E-state index in [1.54, 1.807) is 4.90 Å². The second-order valence-electron chi connectivity index (χ2n) is 11.1. The van der Waals surface area contributed by atoms with Crippen LogP contribution in [0.4, 0.5) is 13.2 Å². The second-order valence-corrected chi connectivity index (χ2v) is 11.5. The number of alkyl halides is 3. The molecule has 0 aliphatic carbocycles. The molecule has 210 valence electrons. The summed E-state index contributed by atoms with van der Waals surface area (Å²) in [5.41, 5.74) is 4.78. The first-order valence-corrected chi connectivity index (χ1v) is 14.0. The molecule has 0 radical (unpaired) electrons. The van der Waals surface area contributed by atoms with E-state index in [1.165, 1.54) is 11.6 Å². The number of hydrogen-bond donors (Lipinski definition) is 0. The van der Waals surface area contributed by atoms with Crippen molar-refractivity contribution >= 4 is 17.5 Å². The minimum atomic E-state index is -4.53. The van der Waals surface area contributed by atoms with Crippen LogP contribution < -0.4 is 0 Å². The van der Waals surface area contributed by atoms with Gasteiger partial charge in [-0.1, -0.05) is 89.5 Å². The van der Waals surface area contributed by atoms with Crippen LogP contribution in [0, 0.1) is 0 Å². The molecule has 3 aromatic rings. The molecule has 3 aromatic carbocycles. The molecule has 1 amide bonds. The highest BCUT2D eigenvalue weighted by atomic mass is 35.5. The molecule has 0 aliphatic rings. The Morgan fingerprint density at radius 2 is 1.41 bits per heavy atom. The Morgan fingerprint density at radius 1 is 0.795 bits per heavy atom. The van der Waals surface area contributed by atoms with Gasteiger partial charge in [-0.2, -0.15) is 13.2 Å². The average molecular weight is 558 g/mol. The summed E-state index contributed by atoms with van der Waals surface area (Å²) in [5, 5.41) is 0.705. The lowest BCUT2D eigenvalue weighted by Gasteiger charge is -2.26. The molecule has 0 saturated carbocycles. The van der Waals surface area contributed by atoms with E-state index in [4.69, 9.17) is 11.6 Å². The zero-order valence-corrected chi connectivity index (χ0v) is 24.6. The fraction of sp³-hybridized carbons (Fsp3) is 0.424. The van der Waals surface area contributed by atoms with Gasteiger partial charge >= 0.3 is 6.18 Å². The number of carbonyl (C=O) groups excluding carboxylic acids is 1. The Balaban J connectivity index is 2.03. The van der Waals surface area contributed by atoms with Gasteiger partial charge in [-0.15, -0.1) is 0 Å². The molecule has 0 bridgehead atoms. The third kappa shape index (κ3) is 7.66. The van der Waals surface area contributed by atoms with Crippen molar-refractivity contribution < 1.29 is 18.0 Å². The summed E-state index contributed by atoms with van der Waals surface area (Å²) in [4.78, 5) is 15.7. The van der Waals surface area contributed by atoms with E-state index in [0.29, 0.717) is 48.5 Å². The molecule has 0 aromatic heterocycles. The zero-order valence-electron chi connectivity index (χ0n) is 23.8. The average Bonchev–Trinajstić information content (AvgIpc) is 2.89. The monoisotopic (exact) mass is 557 g/mol. The number of aryl methyl sites for hydroxylation is 2. The van der Waals surface area contributed by atoms with E-state index >= 15 is 0 Å². The van der Waals surface area contributed by atoms with Crippen molar-refractivity contribution in [3.8, 4) is 0 Å². The third-order valence-corrected chi connectivity index (χ3v) is 7.65. The van der Waals surface area contributed by atoms with Crippen molar-refractivity contribution in [3.05, 3.63) is 104 Å². The third-order valence-electron chi connectivity index (χ3n) is 7.28. The highest BCUT2D eigenvalue weighted by Crippen LogP contribution is 2.33. The molecule has 0 N–H and O–H groups in total. The van der Waals surface area contributed by atoms with Crippen LogP contribution in [0.3, 0.4) is 0 Å². The van der Waals surface area contributed by atoms with Crippen LogP contribution >= 0.6 is 11.6 Å². The Hall–Kier alpha value is -2.79. The molecule has 0 unspecified atom stereocenters. The van der Waals surface area contributed by atoms with Gasteiger partial charge in [0.1, 0.15) is 0 Å². The normalized spacial score (nSPS) is 12.1. The summed E-state index contributed by atoms with van der Waals surface area (Å²) < 4.78 is 41.4. The van der Waals surface area contributed by atoms with Gasteiger partial charge in [-0.05, 0) is 82.7 Å². The van der Waals surface area contributed by atoms with Crippen LogP contribution in [-0.2, 0) is 43.8 Å². The van der Waals surface area contributed by atoms with Gasteiger partial charge in [0.25, 0.3) is 5.91 Å². The highest BCUT2D eigenvalue weighted by molar-refractivity contribution is 6.31. The molecule has 3 rings (SSSR count). The number of hydrogen-bond acceptors (Lipinski definition) is 1. The maximum atomic E-state index is 14.0. The molecule has 0 spiro atoms. The van der Waals surface area contributed by atoms with Gasteiger partial charge in [-0.3, -0.25) is 4.79 Å². The number of rotatable bonds is 9. The predicted molar refractivity (Wildman–Crippen MR) is 155 cm³/mol. The summed E-state index contributed by atoms with van der Waals surface area (Å²) in [5.74, 6) is -0.378. The quantitative estimate of drug-likeness (QED) is 0.257. The maximum Gasteiger partial charge on any atom is 0.416 e. The number of benzene rings is 3. The molecular weight excluding hydrogens is 519 g/mol. The van der Waals surface area contributed by atoms with Crippen molar-refractivity contribution in [2.24, 2.45) is 0 Å². The minimum absolute atomic E-state index is 0.00970. The van der Waals surface area contributed by atoms with E-state index in [1.807, 2.05) is 51.1 Å². The van der Waals surface area contributed by atoms with Crippen molar-refractivity contribution in [2.75, 3.05) is 6.54 Å². The Labute approximate surface area is 236 Å². The molecule has 39 heavy (non-hydrogen) atoms. The Kier molecular flexibility index (Phi) is 9.93. The molecule has 0 heterocycles. The summed E-state index contributed by atoms with van der Waals surface area (Å²) in [6, 6.07) is 16.2. The number of carbonyl (C=O) groups is 1. The highest BCUT2D eigenvalue weighted by Gasteiger charge is 2.33. The summed E-state index contributed by atoms with van der Waals surface area (Å²) >= 11 is 6.30. The lowest BCUT2D eigenvalue weighted by Crippen LogP contribution is -2.33. The first kappa shape index (κ1) is 30.7. The Bertz CT molecular complexity index is 1290. The van der Waals surface area contributed by atoms with Gasteiger partial charge in [0.2, 0.25) is 0 Å². The summed E-state index contributed by atoms with van der Waals surface area (Å²) in [6.45, 7) is 12.8. The molecule has 0 fully saturated rings. The summed E-state index contributed by atoms with van der Waals surface area (Å²) in [6.07, 6.45) is -2.27. The topological polar surface area (TPSA) is 20.3 Å². The van der Waals surface area contributed by atoms with Gasteiger partial charge < -0.3 is 4.90 Å². The number of nitrogens with zero attached hydrogens (tertiary/aromatic N) is 1. The van der Waals surface area contributed by atoms with Crippen LogP contribution in [0.1, 0.15) is 90.8 Å². The largest absolute Gasteiger partial charge is 0.416 e. The lowest BCUT2D eigenvalue weighted by atomic mass is 9.86. The van der Waals surface area contributed by atoms with E-state index in [9.17, 15) is 18.0 Å². The molecule has 0 aliphatic heterocycles. The van der Waals surface area contributed by atoms with Gasteiger partial charge in [-0.25, -0.2) is 0 Å². The SMILES string of the molecule is CCc1cc(CCN(Cc2ccc(C(C)(C)C)cc2)C(=O)c2cc(C(F)(F)F)cc(CC)c2CC)ccc1Cl. The molecule has 0 atom stereocenters. The minimum Gasteiger partial charge on any atom is -0.334 e.